The van der Waals surface area contributed by atoms with Crippen molar-refractivity contribution in [1.29, 1.82) is 0 Å². The highest BCUT2D eigenvalue weighted by Crippen LogP contribution is 2.27. The number of carbonyl (C=O) groups excluding carboxylic acids is 2. The van der Waals surface area contributed by atoms with Gasteiger partial charge in [-0.25, -0.2) is 9.36 Å². The van der Waals surface area contributed by atoms with E-state index in [0.717, 1.165) is 37.1 Å². The molecule has 2 amide bonds. The summed E-state index contributed by atoms with van der Waals surface area (Å²) in [6, 6.07) is 5.29. The van der Waals surface area contributed by atoms with Crippen molar-refractivity contribution in [2.24, 2.45) is 5.92 Å². The lowest BCUT2D eigenvalue weighted by atomic mass is 9.90. The molecule has 1 saturated heterocycles. The molecule has 3 heterocycles. The minimum Gasteiger partial charge on any atom is -0.356 e. The Bertz CT molecular complexity index is 1000. The smallest absolute Gasteiger partial charge is 0.267 e. The monoisotopic (exact) mass is 412 g/mol. The number of hydrogen-bond donors (Lipinski definition) is 2. The number of hydrogen-bond acceptors (Lipinski definition) is 5. The highest BCUT2D eigenvalue weighted by Gasteiger charge is 2.29. The zero-order valence-corrected chi connectivity index (χ0v) is 17.4. The lowest BCUT2D eigenvalue weighted by Gasteiger charge is -2.31. The van der Waals surface area contributed by atoms with Crippen molar-refractivity contribution in [3.8, 4) is 5.82 Å². The van der Waals surface area contributed by atoms with Gasteiger partial charge in [-0.3, -0.25) is 14.4 Å². The van der Waals surface area contributed by atoms with Crippen LogP contribution in [-0.2, 0) is 9.59 Å². The summed E-state index contributed by atoms with van der Waals surface area (Å²) in [7, 11) is 0. The van der Waals surface area contributed by atoms with Crippen molar-refractivity contribution in [3.63, 3.8) is 0 Å². The van der Waals surface area contributed by atoms with Gasteiger partial charge in [-0.15, -0.1) is 5.10 Å². The zero-order valence-electron chi connectivity index (χ0n) is 17.4. The van der Waals surface area contributed by atoms with Crippen molar-refractivity contribution >= 4 is 11.8 Å². The van der Waals surface area contributed by atoms with Crippen LogP contribution in [0.3, 0.4) is 0 Å². The summed E-state index contributed by atoms with van der Waals surface area (Å²) < 4.78 is 3.31. The largest absolute Gasteiger partial charge is 0.356 e. The molecule has 4 rings (SSSR count). The van der Waals surface area contributed by atoms with Crippen LogP contribution in [0.25, 0.3) is 5.82 Å². The molecule has 2 aromatic rings. The molecule has 2 N–H and O–H groups in total. The fourth-order valence-electron chi connectivity index (χ4n) is 4.44. The van der Waals surface area contributed by atoms with E-state index in [1.807, 2.05) is 19.9 Å². The Kier molecular flexibility index (Phi) is 5.69. The number of carbonyl (C=O) groups is 2. The van der Waals surface area contributed by atoms with Crippen molar-refractivity contribution in [3.05, 3.63) is 39.9 Å². The Morgan fingerprint density at radius 3 is 2.53 bits per heavy atom. The molecule has 0 spiro atoms. The summed E-state index contributed by atoms with van der Waals surface area (Å²) in [6.45, 7) is 4.44. The van der Waals surface area contributed by atoms with E-state index in [2.05, 4.69) is 20.8 Å². The Morgan fingerprint density at radius 1 is 1.10 bits per heavy atom. The van der Waals surface area contributed by atoms with E-state index < -0.39 is 0 Å². The summed E-state index contributed by atoms with van der Waals surface area (Å²) in [5, 5.41) is 14.9. The summed E-state index contributed by atoms with van der Waals surface area (Å²) in [6.07, 6.45) is 4.05. The molecule has 1 aliphatic heterocycles. The number of nitrogens with zero attached hydrogens (tertiary/aromatic N) is 4. The average molecular weight is 412 g/mol. The zero-order chi connectivity index (χ0) is 21.3. The summed E-state index contributed by atoms with van der Waals surface area (Å²) in [5.41, 5.74) is 1.74. The number of piperidine rings is 1. The van der Waals surface area contributed by atoms with Crippen LogP contribution in [-0.4, -0.2) is 44.0 Å². The van der Waals surface area contributed by atoms with E-state index in [0.29, 0.717) is 18.8 Å². The molecule has 2 aromatic heterocycles. The first kappa shape index (κ1) is 20.3. The first-order valence-electron chi connectivity index (χ1n) is 10.6. The maximum absolute atomic E-state index is 12.5. The van der Waals surface area contributed by atoms with Gasteiger partial charge in [-0.05, 0) is 58.1 Å². The molecule has 1 atom stereocenters. The predicted octanol–water partition coefficient (Wildman–Crippen LogP) is 1.17. The Balaban J connectivity index is 1.40. The van der Waals surface area contributed by atoms with Crippen molar-refractivity contribution in [1.82, 2.24) is 30.2 Å². The molecular weight excluding hydrogens is 384 g/mol. The molecule has 9 nitrogen and oxygen atoms in total. The minimum atomic E-state index is -0.238. The molecule has 1 aliphatic carbocycles. The lowest BCUT2D eigenvalue weighted by Crippen LogP contribution is -2.45. The first-order chi connectivity index (χ1) is 14.4. The summed E-state index contributed by atoms with van der Waals surface area (Å²) in [5.74, 6) is 0.303. The molecule has 1 unspecified atom stereocenters. The Hall–Kier alpha value is -2.97. The normalized spacial score (nSPS) is 24.3. The van der Waals surface area contributed by atoms with Gasteiger partial charge in [0.15, 0.2) is 5.82 Å². The van der Waals surface area contributed by atoms with Gasteiger partial charge in [0.1, 0.15) is 0 Å². The quantitative estimate of drug-likeness (QED) is 0.783. The third-order valence-electron chi connectivity index (χ3n) is 6.04. The Labute approximate surface area is 174 Å². The predicted molar refractivity (Wildman–Crippen MR) is 110 cm³/mol. The van der Waals surface area contributed by atoms with Crippen LogP contribution >= 0.6 is 0 Å². The van der Waals surface area contributed by atoms with Crippen LogP contribution in [0.2, 0.25) is 0 Å². The second kappa shape index (κ2) is 8.41. The third-order valence-corrected chi connectivity index (χ3v) is 6.04. The van der Waals surface area contributed by atoms with Gasteiger partial charge in [-0.1, -0.05) is 0 Å². The second-order valence-corrected chi connectivity index (χ2v) is 8.37. The van der Waals surface area contributed by atoms with E-state index in [1.165, 1.54) is 0 Å². The maximum atomic E-state index is 12.5. The summed E-state index contributed by atoms with van der Waals surface area (Å²) in [4.78, 5) is 36.5. The lowest BCUT2D eigenvalue weighted by molar-refractivity contribution is -0.133. The number of nitrogens with one attached hydrogen (secondary N) is 2. The van der Waals surface area contributed by atoms with E-state index in [-0.39, 0.29) is 41.8 Å². The number of rotatable bonds is 4. The van der Waals surface area contributed by atoms with Gasteiger partial charge in [0.2, 0.25) is 11.8 Å². The standard InChI is InChI=1S/C21H28N6O3/c1-13-11-14(2)26(24-13)18-7-8-20(29)27(25-18)17-5-3-16(4-6-17)23-21(30)15-9-10-22-19(28)12-15/h7-8,11,15-17H,3-6,9-10,12H2,1-2H3,(H,22,28)(H,23,30). The van der Waals surface area contributed by atoms with Crippen LogP contribution < -0.4 is 16.2 Å². The maximum Gasteiger partial charge on any atom is 0.267 e. The van der Waals surface area contributed by atoms with E-state index in [9.17, 15) is 14.4 Å². The molecule has 9 heteroatoms. The number of amides is 2. The SMILES string of the molecule is Cc1cc(C)n(-c2ccc(=O)n(C3CCC(NC(=O)C4CCNC(=O)C4)CC3)n2)n1. The van der Waals surface area contributed by atoms with Crippen LogP contribution in [0.5, 0.6) is 0 Å². The van der Waals surface area contributed by atoms with Gasteiger partial charge in [0.25, 0.3) is 5.56 Å². The van der Waals surface area contributed by atoms with Crippen molar-refractivity contribution < 1.29 is 9.59 Å². The van der Waals surface area contributed by atoms with Gasteiger partial charge in [0.05, 0.1) is 11.7 Å². The van der Waals surface area contributed by atoms with Crippen LogP contribution in [0.1, 0.15) is 56.0 Å². The van der Waals surface area contributed by atoms with Crippen LogP contribution in [0.15, 0.2) is 23.0 Å². The molecule has 160 valence electrons. The van der Waals surface area contributed by atoms with Crippen LogP contribution in [0.4, 0.5) is 0 Å². The molecule has 0 bridgehead atoms. The Morgan fingerprint density at radius 2 is 1.87 bits per heavy atom. The van der Waals surface area contributed by atoms with Gasteiger partial charge in [-0.2, -0.15) is 5.10 Å². The molecule has 30 heavy (non-hydrogen) atoms. The molecule has 0 aromatic carbocycles. The third kappa shape index (κ3) is 4.29. The van der Waals surface area contributed by atoms with Crippen molar-refractivity contribution in [2.45, 2.75) is 64.5 Å². The van der Waals surface area contributed by atoms with Gasteiger partial charge >= 0.3 is 0 Å². The molecular formula is C21H28N6O3. The molecule has 2 fully saturated rings. The minimum absolute atomic E-state index is 0.00280. The van der Waals surface area contributed by atoms with Gasteiger partial charge in [0, 0.05) is 36.7 Å². The van der Waals surface area contributed by atoms with E-state index in [4.69, 9.17) is 0 Å². The fourth-order valence-corrected chi connectivity index (χ4v) is 4.44. The first-order valence-corrected chi connectivity index (χ1v) is 10.6. The molecule has 0 radical (unpaired) electrons. The molecule has 1 saturated carbocycles. The summed E-state index contributed by atoms with van der Waals surface area (Å²) >= 11 is 0. The highest BCUT2D eigenvalue weighted by molar-refractivity contribution is 5.87. The topological polar surface area (TPSA) is 111 Å². The number of aromatic nitrogens is 4. The number of aryl methyl sites for hydroxylation is 2. The van der Waals surface area contributed by atoms with Crippen LogP contribution in [0, 0.1) is 19.8 Å². The molecule has 2 aliphatic rings. The second-order valence-electron chi connectivity index (χ2n) is 8.37. The van der Waals surface area contributed by atoms with Crippen molar-refractivity contribution in [2.75, 3.05) is 6.54 Å². The van der Waals surface area contributed by atoms with Gasteiger partial charge < -0.3 is 10.6 Å². The average Bonchev–Trinajstić information content (AvgIpc) is 3.07. The highest BCUT2D eigenvalue weighted by atomic mass is 16.2. The van der Waals surface area contributed by atoms with E-state index in [1.54, 1.807) is 21.5 Å². The van der Waals surface area contributed by atoms with E-state index >= 15 is 0 Å². The fraction of sp³-hybridized carbons (Fsp3) is 0.571.